The highest BCUT2D eigenvalue weighted by atomic mass is 32.2. The van der Waals surface area contributed by atoms with Gasteiger partial charge in [0.1, 0.15) is 17.1 Å². The van der Waals surface area contributed by atoms with Gasteiger partial charge in [0.15, 0.2) is 6.10 Å². The third-order valence-electron chi connectivity index (χ3n) is 6.04. The second kappa shape index (κ2) is 13.1. The molecule has 1 aromatic carbocycles. The van der Waals surface area contributed by atoms with E-state index in [-0.39, 0.29) is 18.0 Å². The normalized spacial score (nSPS) is 19.3. The first kappa shape index (κ1) is 28.5. The highest BCUT2D eigenvalue weighted by Gasteiger charge is 2.54. The van der Waals surface area contributed by atoms with Gasteiger partial charge in [0, 0.05) is 18.1 Å². The molecule has 0 spiro atoms. The summed E-state index contributed by atoms with van der Waals surface area (Å²) in [5.41, 5.74) is 0.801. The molecule has 4 rings (SSSR count). The predicted octanol–water partition coefficient (Wildman–Crippen LogP) is -0.308. The lowest BCUT2D eigenvalue weighted by Crippen LogP contribution is -2.70. The topological polar surface area (TPSA) is 200 Å². The van der Waals surface area contributed by atoms with Crippen molar-refractivity contribution >= 4 is 47.3 Å². The van der Waals surface area contributed by atoms with Crippen molar-refractivity contribution in [3.63, 3.8) is 0 Å². The van der Waals surface area contributed by atoms with Crippen LogP contribution in [-0.4, -0.2) is 100 Å². The average molecular weight is 578 g/mol. The first-order valence-corrected chi connectivity index (χ1v) is 14.1. The van der Waals surface area contributed by atoms with Gasteiger partial charge >= 0.3 is 11.9 Å². The molecule has 3 heterocycles. The average Bonchev–Trinajstić information content (AvgIpc) is 3.38. The quantitative estimate of drug-likeness (QED) is 0.111. The number of carbonyl (C=O) groups excluding carboxylic acids is 2. The molecule has 0 aliphatic carbocycles. The SMILES string of the molecule is O=C(O)CNCCCCn1nnnc1SCC1=C(C(=O)O)N2C(=O)C(NC(=O)[C@H](O)c3ccccc3)[C@H]2SC1. The van der Waals surface area contributed by atoms with Crippen LogP contribution in [0.3, 0.4) is 0 Å². The summed E-state index contributed by atoms with van der Waals surface area (Å²) < 4.78 is 1.60. The molecule has 0 radical (unpaired) electrons. The first-order valence-electron chi connectivity index (χ1n) is 12.0. The highest BCUT2D eigenvalue weighted by molar-refractivity contribution is 8.01. The Morgan fingerprint density at radius 1 is 1.18 bits per heavy atom. The maximum absolute atomic E-state index is 12.9. The van der Waals surface area contributed by atoms with Crippen molar-refractivity contribution in [1.29, 1.82) is 0 Å². The fourth-order valence-corrected chi connectivity index (χ4v) is 6.50. The van der Waals surface area contributed by atoms with Gasteiger partial charge in [-0.25, -0.2) is 9.48 Å². The number of aromatic nitrogens is 4. The summed E-state index contributed by atoms with van der Waals surface area (Å²) in [6.07, 6.45) is -0.0176. The summed E-state index contributed by atoms with van der Waals surface area (Å²) >= 11 is 2.59. The molecule has 1 unspecified atom stereocenters. The number of aliphatic hydroxyl groups is 1. The van der Waals surface area contributed by atoms with Gasteiger partial charge in [-0.2, -0.15) is 0 Å². The molecular weight excluding hydrogens is 550 g/mol. The summed E-state index contributed by atoms with van der Waals surface area (Å²) in [6.45, 7) is 0.946. The van der Waals surface area contributed by atoms with E-state index < -0.39 is 41.3 Å². The molecule has 0 saturated carbocycles. The van der Waals surface area contributed by atoms with Gasteiger partial charge in [0.2, 0.25) is 5.16 Å². The molecule has 2 aromatic rings. The van der Waals surface area contributed by atoms with Crippen molar-refractivity contribution in [1.82, 2.24) is 35.7 Å². The number of carboxylic acid groups (broad SMARTS) is 2. The lowest BCUT2D eigenvalue weighted by molar-refractivity contribution is -0.151. The molecule has 1 aromatic heterocycles. The molecule has 0 bridgehead atoms. The van der Waals surface area contributed by atoms with E-state index in [0.717, 1.165) is 6.42 Å². The predicted molar refractivity (Wildman–Crippen MR) is 139 cm³/mol. The first-order chi connectivity index (χ1) is 18.8. The van der Waals surface area contributed by atoms with Crippen molar-refractivity contribution in [3.05, 3.63) is 47.2 Å². The van der Waals surface area contributed by atoms with E-state index in [0.29, 0.717) is 41.6 Å². The van der Waals surface area contributed by atoms with Crippen LogP contribution in [0.1, 0.15) is 24.5 Å². The van der Waals surface area contributed by atoms with Crippen molar-refractivity contribution in [3.8, 4) is 0 Å². The van der Waals surface area contributed by atoms with Crippen LogP contribution >= 0.6 is 23.5 Å². The number of β-lactam (4-membered cyclic amide) rings is 1. The minimum Gasteiger partial charge on any atom is -0.480 e. The Morgan fingerprint density at radius 3 is 2.67 bits per heavy atom. The third-order valence-corrected chi connectivity index (χ3v) is 8.42. The molecule has 2 aliphatic heterocycles. The second-order valence-electron chi connectivity index (χ2n) is 8.72. The van der Waals surface area contributed by atoms with Crippen molar-refractivity contribution in [2.45, 2.75) is 42.1 Å². The fraction of sp³-hybridized carbons (Fsp3) is 0.435. The monoisotopic (exact) mass is 577 g/mol. The summed E-state index contributed by atoms with van der Waals surface area (Å²) in [6, 6.07) is 7.37. The molecule has 3 atom stereocenters. The maximum atomic E-state index is 12.9. The number of carbonyl (C=O) groups is 4. The Bertz CT molecular complexity index is 1260. The van der Waals surface area contributed by atoms with Gasteiger partial charge in [-0.3, -0.25) is 19.3 Å². The summed E-state index contributed by atoms with van der Waals surface area (Å²) in [7, 11) is 0. The number of thioether (sulfide) groups is 2. The van der Waals surface area contributed by atoms with Gasteiger partial charge in [0.05, 0.1) is 6.54 Å². The molecule has 2 amide bonds. The van der Waals surface area contributed by atoms with Crippen LogP contribution in [0.15, 0.2) is 46.8 Å². The summed E-state index contributed by atoms with van der Waals surface area (Å²) in [5.74, 6) is -2.87. The van der Waals surface area contributed by atoms with E-state index in [2.05, 4.69) is 26.2 Å². The Labute approximate surface area is 231 Å². The summed E-state index contributed by atoms with van der Waals surface area (Å²) in [5, 5.41) is 45.8. The smallest absolute Gasteiger partial charge is 0.352 e. The number of carboxylic acids is 2. The molecule has 1 fully saturated rings. The van der Waals surface area contributed by atoms with Gasteiger partial charge < -0.3 is 26.0 Å². The Hall–Kier alpha value is -3.47. The standard InChI is InChI=1S/C23H27N7O7S2/c31-15(32)10-24-8-4-5-9-29-23(26-27-28-29)39-12-14-11-38-21-16(20(35)30(21)17(14)22(36)37)25-19(34)18(33)13-6-2-1-3-7-13/h1-3,6-7,16,18,21,24,33H,4-5,8-12H2,(H,25,34)(H,31,32)(H,36,37)/t16?,18-,21-/m1/s1. The van der Waals surface area contributed by atoms with Crippen LogP contribution in [0.2, 0.25) is 0 Å². The molecule has 16 heteroatoms. The van der Waals surface area contributed by atoms with Crippen LogP contribution in [0, 0.1) is 0 Å². The highest BCUT2D eigenvalue weighted by Crippen LogP contribution is 2.41. The number of rotatable bonds is 14. The largest absolute Gasteiger partial charge is 0.480 e. The van der Waals surface area contributed by atoms with E-state index in [1.807, 2.05) is 0 Å². The third kappa shape index (κ3) is 6.76. The Kier molecular flexibility index (Phi) is 9.55. The molecule has 2 aliphatic rings. The molecular formula is C23H27N7O7S2. The zero-order valence-corrected chi connectivity index (χ0v) is 22.2. The Balaban J connectivity index is 1.34. The number of hydrogen-bond acceptors (Lipinski definition) is 11. The van der Waals surface area contributed by atoms with Crippen molar-refractivity contribution in [2.75, 3.05) is 24.6 Å². The van der Waals surface area contributed by atoms with Crippen LogP contribution in [0.5, 0.6) is 0 Å². The number of nitrogens with one attached hydrogen (secondary N) is 2. The Morgan fingerprint density at radius 2 is 1.95 bits per heavy atom. The van der Waals surface area contributed by atoms with Gasteiger partial charge in [-0.1, -0.05) is 42.1 Å². The number of aliphatic carboxylic acids is 2. The number of fused-ring (bicyclic) bond motifs is 1. The molecule has 208 valence electrons. The lowest BCUT2D eigenvalue weighted by Gasteiger charge is -2.49. The number of nitrogens with zero attached hydrogens (tertiary/aromatic N) is 5. The number of aliphatic hydroxyl groups excluding tert-OH is 1. The van der Waals surface area contributed by atoms with Crippen LogP contribution in [0.4, 0.5) is 0 Å². The van der Waals surface area contributed by atoms with E-state index in [1.54, 1.807) is 35.0 Å². The summed E-state index contributed by atoms with van der Waals surface area (Å²) in [4.78, 5) is 49.3. The van der Waals surface area contributed by atoms with E-state index in [4.69, 9.17) is 5.11 Å². The number of amides is 2. The molecule has 14 nitrogen and oxygen atoms in total. The number of aryl methyl sites for hydroxylation is 1. The van der Waals surface area contributed by atoms with E-state index in [9.17, 15) is 29.4 Å². The molecule has 5 N–H and O–H groups in total. The maximum Gasteiger partial charge on any atom is 0.352 e. The van der Waals surface area contributed by atoms with Crippen molar-refractivity contribution < 1.29 is 34.5 Å². The fourth-order valence-electron chi connectivity index (χ4n) is 4.11. The minimum atomic E-state index is -1.45. The van der Waals surface area contributed by atoms with Crippen LogP contribution in [-0.2, 0) is 25.7 Å². The van der Waals surface area contributed by atoms with Crippen molar-refractivity contribution in [2.24, 2.45) is 0 Å². The van der Waals surface area contributed by atoms with Crippen LogP contribution < -0.4 is 10.6 Å². The lowest BCUT2D eigenvalue weighted by atomic mass is 10.0. The zero-order valence-electron chi connectivity index (χ0n) is 20.6. The second-order valence-corrected chi connectivity index (χ2v) is 10.8. The minimum absolute atomic E-state index is 0.103. The van der Waals surface area contributed by atoms with Gasteiger partial charge in [-0.15, -0.1) is 16.9 Å². The van der Waals surface area contributed by atoms with Gasteiger partial charge in [0.25, 0.3) is 11.8 Å². The number of tetrazole rings is 1. The van der Waals surface area contributed by atoms with E-state index >= 15 is 0 Å². The molecule has 1 saturated heterocycles. The van der Waals surface area contributed by atoms with E-state index in [1.165, 1.54) is 28.4 Å². The number of unbranched alkanes of at least 4 members (excludes halogenated alkanes) is 1. The number of benzene rings is 1. The van der Waals surface area contributed by atoms with Gasteiger partial charge in [-0.05, 0) is 40.9 Å². The van der Waals surface area contributed by atoms with Crippen LogP contribution in [0.25, 0.3) is 0 Å². The zero-order chi connectivity index (χ0) is 27.9. The molecule has 39 heavy (non-hydrogen) atoms. The number of hydrogen-bond donors (Lipinski definition) is 5.